The molecule has 154 valence electrons. The first kappa shape index (κ1) is 19.0. The van der Waals surface area contributed by atoms with Crippen molar-refractivity contribution in [3.63, 3.8) is 0 Å². The highest BCUT2D eigenvalue weighted by atomic mass is 16.2. The van der Waals surface area contributed by atoms with E-state index in [1.807, 2.05) is 68.4 Å². The molecule has 30 heavy (non-hydrogen) atoms. The molecule has 2 aromatic rings. The molecular weight excluding hydrogens is 378 g/mol. The van der Waals surface area contributed by atoms with Gasteiger partial charge in [-0.25, -0.2) is 0 Å². The fourth-order valence-electron chi connectivity index (χ4n) is 5.43. The second-order valence-corrected chi connectivity index (χ2v) is 8.79. The third kappa shape index (κ3) is 2.50. The monoisotopic (exact) mass is 403 g/mol. The van der Waals surface area contributed by atoms with Gasteiger partial charge in [0.2, 0.25) is 17.7 Å². The van der Waals surface area contributed by atoms with E-state index in [9.17, 15) is 14.4 Å². The van der Waals surface area contributed by atoms with Crippen LogP contribution in [0, 0.1) is 17.8 Å². The molecule has 2 N–H and O–H groups in total. The van der Waals surface area contributed by atoms with Crippen molar-refractivity contribution in [2.75, 3.05) is 11.9 Å². The van der Waals surface area contributed by atoms with Gasteiger partial charge in [0.25, 0.3) is 0 Å². The van der Waals surface area contributed by atoms with Gasteiger partial charge >= 0.3 is 0 Å². The van der Waals surface area contributed by atoms with Gasteiger partial charge in [-0.05, 0) is 24.0 Å². The predicted octanol–water partition coefficient (Wildman–Crippen LogP) is 2.31. The Morgan fingerprint density at radius 2 is 1.67 bits per heavy atom. The molecule has 0 bridgehead atoms. The molecule has 3 aliphatic heterocycles. The Bertz CT molecular complexity index is 1040. The van der Waals surface area contributed by atoms with E-state index in [2.05, 4.69) is 10.6 Å². The molecule has 0 aromatic heterocycles. The summed E-state index contributed by atoms with van der Waals surface area (Å²) in [5.74, 6) is -1.82. The van der Waals surface area contributed by atoms with Gasteiger partial charge in [0.1, 0.15) is 5.54 Å². The van der Waals surface area contributed by atoms with Gasteiger partial charge in [0.05, 0.1) is 11.8 Å². The maximum Gasteiger partial charge on any atom is 0.250 e. The molecule has 0 aliphatic carbocycles. The predicted molar refractivity (Wildman–Crippen MR) is 112 cm³/mol. The largest absolute Gasteiger partial charge is 0.324 e. The van der Waals surface area contributed by atoms with Crippen molar-refractivity contribution in [3.05, 3.63) is 65.7 Å². The number of anilines is 1. The number of nitrogens with zero attached hydrogens (tertiary/aromatic N) is 1. The van der Waals surface area contributed by atoms with Crippen LogP contribution in [0.2, 0.25) is 0 Å². The molecule has 0 radical (unpaired) electrons. The van der Waals surface area contributed by atoms with E-state index in [1.165, 1.54) is 4.90 Å². The standard InChI is InChI=1S/C24H25N3O3/c1-14(2)20-18-19(24(26-20)16-10-6-7-11-17(16)25-23(24)30)22(29)27(21(18)28)13-12-15-8-4-3-5-9-15/h3-11,14,18-20,26H,12-13H2,1-2H3,(H,25,30)/t18-,19+,20+,24-/m1/s1. The van der Waals surface area contributed by atoms with Gasteiger partial charge in [0.15, 0.2) is 0 Å². The zero-order valence-corrected chi connectivity index (χ0v) is 17.1. The van der Waals surface area contributed by atoms with E-state index in [0.29, 0.717) is 18.7 Å². The Hall–Kier alpha value is -2.99. The van der Waals surface area contributed by atoms with Crippen LogP contribution in [-0.4, -0.2) is 35.2 Å². The Balaban J connectivity index is 1.54. The summed E-state index contributed by atoms with van der Waals surface area (Å²) in [5, 5.41) is 6.38. The van der Waals surface area contributed by atoms with Crippen molar-refractivity contribution in [2.24, 2.45) is 17.8 Å². The van der Waals surface area contributed by atoms with Crippen LogP contribution in [0.1, 0.15) is 25.0 Å². The third-order valence-corrected chi connectivity index (χ3v) is 6.83. The molecule has 3 aliphatic rings. The van der Waals surface area contributed by atoms with Gasteiger partial charge in [-0.3, -0.25) is 24.6 Å². The van der Waals surface area contributed by atoms with Crippen LogP contribution >= 0.6 is 0 Å². The summed E-state index contributed by atoms with van der Waals surface area (Å²) < 4.78 is 0. The minimum absolute atomic E-state index is 0.100. The number of rotatable bonds is 4. The number of hydrogen-bond donors (Lipinski definition) is 2. The first-order chi connectivity index (χ1) is 14.4. The molecule has 1 spiro atoms. The Morgan fingerprint density at radius 1 is 0.967 bits per heavy atom. The van der Waals surface area contributed by atoms with Crippen molar-refractivity contribution in [2.45, 2.75) is 31.8 Å². The quantitative estimate of drug-likeness (QED) is 0.768. The van der Waals surface area contributed by atoms with Crippen molar-refractivity contribution < 1.29 is 14.4 Å². The van der Waals surface area contributed by atoms with E-state index in [-0.39, 0.29) is 29.7 Å². The first-order valence-corrected chi connectivity index (χ1v) is 10.5. The highest BCUT2D eigenvalue weighted by Gasteiger charge is 2.70. The molecule has 6 nitrogen and oxygen atoms in total. The number of amides is 3. The zero-order valence-electron chi connectivity index (χ0n) is 17.1. The summed E-state index contributed by atoms with van der Waals surface area (Å²) in [6, 6.07) is 17.0. The fourth-order valence-corrected chi connectivity index (χ4v) is 5.43. The molecule has 2 aromatic carbocycles. The van der Waals surface area contributed by atoms with Gasteiger partial charge in [-0.15, -0.1) is 0 Å². The molecule has 3 amide bonds. The number of carbonyl (C=O) groups excluding carboxylic acids is 3. The summed E-state index contributed by atoms with van der Waals surface area (Å²) in [6.45, 7) is 4.38. The molecule has 5 rings (SSSR count). The van der Waals surface area contributed by atoms with Gasteiger partial charge in [0, 0.05) is 23.8 Å². The van der Waals surface area contributed by atoms with Crippen LogP contribution in [0.15, 0.2) is 54.6 Å². The van der Waals surface area contributed by atoms with Gasteiger partial charge < -0.3 is 5.32 Å². The minimum Gasteiger partial charge on any atom is -0.324 e. The summed E-state index contributed by atoms with van der Waals surface area (Å²) in [7, 11) is 0. The highest BCUT2D eigenvalue weighted by molar-refractivity contribution is 6.15. The Labute approximate surface area is 175 Å². The molecule has 0 saturated carbocycles. The van der Waals surface area contributed by atoms with Crippen molar-refractivity contribution >= 4 is 23.4 Å². The molecule has 6 heteroatoms. The lowest BCUT2D eigenvalue weighted by molar-refractivity contribution is -0.142. The maximum absolute atomic E-state index is 13.6. The molecule has 2 fully saturated rings. The summed E-state index contributed by atoms with van der Waals surface area (Å²) >= 11 is 0. The Morgan fingerprint density at radius 3 is 2.40 bits per heavy atom. The number of imide groups is 1. The van der Waals surface area contributed by atoms with Gasteiger partial charge in [-0.1, -0.05) is 62.4 Å². The highest BCUT2D eigenvalue weighted by Crippen LogP contribution is 2.53. The van der Waals surface area contributed by atoms with E-state index < -0.39 is 17.4 Å². The summed E-state index contributed by atoms with van der Waals surface area (Å²) in [4.78, 5) is 41.6. The van der Waals surface area contributed by atoms with Crippen LogP contribution in [0.3, 0.4) is 0 Å². The lowest BCUT2D eigenvalue weighted by atomic mass is 9.76. The van der Waals surface area contributed by atoms with Gasteiger partial charge in [-0.2, -0.15) is 0 Å². The average molecular weight is 403 g/mol. The number of para-hydroxylation sites is 1. The molecule has 3 heterocycles. The summed E-state index contributed by atoms with van der Waals surface area (Å²) in [5.41, 5.74) is 1.36. The number of likely N-dealkylation sites (tertiary alicyclic amines) is 1. The smallest absolute Gasteiger partial charge is 0.250 e. The number of carbonyl (C=O) groups is 3. The molecular formula is C24H25N3O3. The maximum atomic E-state index is 13.6. The number of benzene rings is 2. The van der Waals surface area contributed by atoms with E-state index in [4.69, 9.17) is 0 Å². The van der Waals surface area contributed by atoms with Crippen LogP contribution in [0.4, 0.5) is 5.69 Å². The lowest BCUT2D eigenvalue weighted by Crippen LogP contribution is -2.54. The Kier molecular flexibility index (Phi) is 4.29. The van der Waals surface area contributed by atoms with Crippen LogP contribution < -0.4 is 10.6 Å². The average Bonchev–Trinajstić information content (AvgIpc) is 3.33. The lowest BCUT2D eigenvalue weighted by Gasteiger charge is -2.30. The molecule has 2 saturated heterocycles. The molecule has 4 atom stereocenters. The second kappa shape index (κ2) is 6.77. The first-order valence-electron chi connectivity index (χ1n) is 10.5. The zero-order chi connectivity index (χ0) is 21.0. The van der Waals surface area contributed by atoms with E-state index in [1.54, 1.807) is 0 Å². The van der Waals surface area contributed by atoms with Crippen LogP contribution in [-0.2, 0) is 26.3 Å². The van der Waals surface area contributed by atoms with E-state index >= 15 is 0 Å². The van der Waals surface area contributed by atoms with Crippen molar-refractivity contribution in [1.82, 2.24) is 10.2 Å². The SMILES string of the molecule is CC(C)[C@@H]1N[C@@]2(C(=O)Nc3ccccc32)[C@@H]2C(=O)N(CCc3ccccc3)C(=O)[C@H]21. The third-order valence-electron chi connectivity index (χ3n) is 6.83. The van der Waals surface area contributed by atoms with E-state index in [0.717, 1.165) is 11.1 Å². The number of nitrogens with one attached hydrogen (secondary N) is 2. The summed E-state index contributed by atoms with van der Waals surface area (Å²) in [6.07, 6.45) is 0.604. The van der Waals surface area contributed by atoms with Crippen molar-refractivity contribution in [1.29, 1.82) is 0 Å². The van der Waals surface area contributed by atoms with Crippen molar-refractivity contribution in [3.8, 4) is 0 Å². The van der Waals surface area contributed by atoms with Crippen LogP contribution in [0.5, 0.6) is 0 Å². The minimum atomic E-state index is -1.19. The van der Waals surface area contributed by atoms with Crippen LogP contribution in [0.25, 0.3) is 0 Å². The topological polar surface area (TPSA) is 78.5 Å². The second-order valence-electron chi connectivity index (χ2n) is 8.79. The number of fused-ring (bicyclic) bond motifs is 4. The normalized spacial score (nSPS) is 29.6. The fraction of sp³-hybridized carbons (Fsp3) is 0.375. The molecule has 0 unspecified atom stereocenters. The number of hydrogen-bond acceptors (Lipinski definition) is 4.